The predicted molar refractivity (Wildman–Crippen MR) is 132 cm³/mol. The third kappa shape index (κ3) is 3.65. The van der Waals surface area contributed by atoms with Gasteiger partial charge in [-0.15, -0.1) is 6.58 Å². The molecule has 3 aromatic rings. The third-order valence-corrected chi connectivity index (χ3v) is 6.74. The highest BCUT2D eigenvalue weighted by molar-refractivity contribution is 6.13. The second-order valence-corrected chi connectivity index (χ2v) is 8.84. The van der Waals surface area contributed by atoms with Crippen LogP contribution in [0.1, 0.15) is 44.0 Å². The van der Waals surface area contributed by atoms with E-state index in [1.165, 1.54) is 0 Å². The molecule has 1 aromatic heterocycles. The Labute approximate surface area is 199 Å². The van der Waals surface area contributed by atoms with Crippen LogP contribution in [0.3, 0.4) is 0 Å². The second-order valence-electron chi connectivity index (χ2n) is 8.84. The number of hydrogen-bond donors (Lipinski definition) is 1. The Hall–Kier alpha value is -3.93. The molecule has 0 spiro atoms. The number of nitrogens with one attached hydrogen (secondary N) is 1. The highest BCUT2D eigenvalue weighted by Gasteiger charge is 2.54. The Morgan fingerprint density at radius 3 is 2.32 bits per heavy atom. The molecule has 34 heavy (non-hydrogen) atoms. The van der Waals surface area contributed by atoms with Crippen molar-refractivity contribution in [2.24, 2.45) is 0 Å². The number of allylic oxidation sites excluding steroid dienone is 1. The van der Waals surface area contributed by atoms with E-state index in [1.54, 1.807) is 12.1 Å². The van der Waals surface area contributed by atoms with E-state index in [0.717, 1.165) is 27.4 Å². The van der Waals surface area contributed by atoms with Gasteiger partial charge in [0, 0.05) is 23.5 Å². The van der Waals surface area contributed by atoms with E-state index in [1.807, 2.05) is 80.8 Å². The van der Waals surface area contributed by atoms with Gasteiger partial charge < -0.3 is 9.88 Å². The molecule has 1 aliphatic heterocycles. The van der Waals surface area contributed by atoms with Gasteiger partial charge in [-0.1, -0.05) is 54.6 Å². The number of rotatable bonds is 7. The molecule has 1 saturated heterocycles. The van der Waals surface area contributed by atoms with E-state index in [-0.39, 0.29) is 12.3 Å². The number of aryl methyl sites for hydroxylation is 3. The highest BCUT2D eigenvalue weighted by atomic mass is 16.2. The summed E-state index contributed by atoms with van der Waals surface area (Å²) in [6.45, 7) is 11.8. The van der Waals surface area contributed by atoms with Gasteiger partial charge in [0.2, 0.25) is 0 Å². The quantitative estimate of drug-likeness (QED) is 0.322. The molecule has 0 bridgehead atoms. The van der Waals surface area contributed by atoms with E-state index in [9.17, 15) is 14.4 Å². The smallest absolute Gasteiger partial charge is 0.325 e. The van der Waals surface area contributed by atoms with Gasteiger partial charge in [-0.3, -0.25) is 14.5 Å². The number of urea groups is 1. The average molecular weight is 456 g/mol. The van der Waals surface area contributed by atoms with Crippen LogP contribution in [0.4, 0.5) is 4.79 Å². The molecule has 4 rings (SSSR count). The van der Waals surface area contributed by atoms with Crippen LogP contribution < -0.4 is 5.32 Å². The summed E-state index contributed by atoms with van der Waals surface area (Å²) in [5.74, 6) is -0.740. The summed E-state index contributed by atoms with van der Waals surface area (Å²) in [5.41, 5.74) is 4.24. The number of hydrogen-bond acceptors (Lipinski definition) is 3. The Bertz CT molecular complexity index is 1310. The fourth-order valence-electron chi connectivity index (χ4n) is 4.66. The SMILES string of the molecule is C=CCn1c(C)cc(C(=O)CN2C(=O)N[C@@](c3ccccc3)(c3ccc(C)c(C)c3)C2=O)c1C. The number of amides is 3. The summed E-state index contributed by atoms with van der Waals surface area (Å²) in [6.07, 6.45) is 1.77. The molecule has 2 heterocycles. The molecule has 0 radical (unpaired) electrons. The van der Waals surface area contributed by atoms with Crippen LogP contribution >= 0.6 is 0 Å². The van der Waals surface area contributed by atoms with Gasteiger partial charge in [0.15, 0.2) is 11.3 Å². The fraction of sp³-hybridized carbons (Fsp3) is 0.250. The third-order valence-electron chi connectivity index (χ3n) is 6.74. The van der Waals surface area contributed by atoms with Gasteiger partial charge in [-0.05, 0) is 56.0 Å². The van der Waals surface area contributed by atoms with Gasteiger partial charge in [0.25, 0.3) is 5.91 Å². The number of benzene rings is 2. The molecule has 1 atom stereocenters. The average Bonchev–Trinajstić information content (AvgIpc) is 3.25. The molecule has 0 saturated carbocycles. The minimum atomic E-state index is -1.39. The monoisotopic (exact) mass is 455 g/mol. The van der Waals surface area contributed by atoms with Crippen LogP contribution in [0.15, 0.2) is 67.3 Å². The standard InChI is InChI=1S/C28H29N3O3/c1-6-14-30-20(4)16-24(21(30)5)25(32)17-31-26(33)28(29-27(31)34,22-10-8-7-9-11-22)23-13-12-18(2)19(3)15-23/h6-13,15-16H,1,14,17H2,2-5H3,(H,29,34)/t28-/m0/s1. The van der Waals surface area contributed by atoms with Crippen molar-refractivity contribution in [2.75, 3.05) is 6.54 Å². The van der Waals surface area contributed by atoms with E-state index in [0.29, 0.717) is 23.2 Å². The molecule has 0 aliphatic carbocycles. The minimum Gasteiger partial charge on any atom is -0.345 e. The maximum atomic E-state index is 13.9. The van der Waals surface area contributed by atoms with Crippen LogP contribution in [0, 0.1) is 27.7 Å². The zero-order valence-corrected chi connectivity index (χ0v) is 20.0. The lowest BCUT2D eigenvalue weighted by atomic mass is 9.81. The van der Waals surface area contributed by atoms with E-state index in [4.69, 9.17) is 0 Å². The number of Topliss-reactive ketones (excluding diaryl/α,β-unsaturated/α-hetero) is 1. The van der Waals surface area contributed by atoms with Gasteiger partial charge in [0.05, 0.1) is 6.54 Å². The molecule has 2 aromatic carbocycles. The zero-order valence-electron chi connectivity index (χ0n) is 20.0. The van der Waals surface area contributed by atoms with Crippen LogP contribution in [-0.4, -0.2) is 33.7 Å². The molecule has 3 amide bonds. The second kappa shape index (κ2) is 8.78. The van der Waals surface area contributed by atoms with Crippen molar-refractivity contribution in [3.8, 4) is 0 Å². The lowest BCUT2D eigenvalue weighted by molar-refractivity contribution is -0.129. The van der Waals surface area contributed by atoms with Crippen molar-refractivity contribution in [1.82, 2.24) is 14.8 Å². The Morgan fingerprint density at radius 2 is 1.68 bits per heavy atom. The number of aromatic nitrogens is 1. The molecule has 1 aliphatic rings. The molecular weight excluding hydrogens is 426 g/mol. The first kappa shape index (κ1) is 23.2. The number of imide groups is 1. The zero-order chi connectivity index (χ0) is 24.6. The van der Waals surface area contributed by atoms with Crippen LogP contribution in [0.25, 0.3) is 0 Å². The largest absolute Gasteiger partial charge is 0.345 e. The Balaban J connectivity index is 1.74. The first-order chi connectivity index (χ1) is 16.2. The van der Waals surface area contributed by atoms with Crippen molar-refractivity contribution in [3.05, 3.63) is 106 Å². The van der Waals surface area contributed by atoms with Gasteiger partial charge in [-0.25, -0.2) is 4.79 Å². The summed E-state index contributed by atoms with van der Waals surface area (Å²) in [7, 11) is 0. The molecule has 6 heteroatoms. The Morgan fingerprint density at radius 1 is 0.971 bits per heavy atom. The van der Waals surface area contributed by atoms with E-state index in [2.05, 4.69) is 11.9 Å². The van der Waals surface area contributed by atoms with Crippen molar-refractivity contribution in [3.63, 3.8) is 0 Å². The normalized spacial score (nSPS) is 17.7. The van der Waals surface area contributed by atoms with Crippen LogP contribution in [0.2, 0.25) is 0 Å². The molecule has 1 N–H and O–H groups in total. The van der Waals surface area contributed by atoms with Crippen molar-refractivity contribution >= 4 is 17.7 Å². The molecule has 1 fully saturated rings. The van der Waals surface area contributed by atoms with Crippen molar-refractivity contribution in [2.45, 2.75) is 39.8 Å². The minimum absolute atomic E-state index is 0.282. The number of carbonyl (C=O) groups is 3. The van der Waals surface area contributed by atoms with Crippen molar-refractivity contribution in [1.29, 1.82) is 0 Å². The maximum Gasteiger partial charge on any atom is 0.325 e. The summed E-state index contributed by atoms with van der Waals surface area (Å²) < 4.78 is 1.98. The number of nitrogens with zero attached hydrogens (tertiary/aromatic N) is 2. The van der Waals surface area contributed by atoms with Gasteiger partial charge in [0.1, 0.15) is 0 Å². The first-order valence-electron chi connectivity index (χ1n) is 11.3. The predicted octanol–water partition coefficient (Wildman–Crippen LogP) is 4.59. The number of ketones is 1. The first-order valence-corrected chi connectivity index (χ1v) is 11.3. The number of carbonyl (C=O) groups excluding carboxylic acids is 3. The highest BCUT2D eigenvalue weighted by Crippen LogP contribution is 2.37. The summed E-state index contributed by atoms with van der Waals surface area (Å²) in [4.78, 5) is 41.4. The lowest BCUT2D eigenvalue weighted by Gasteiger charge is -2.28. The summed E-state index contributed by atoms with van der Waals surface area (Å²) in [6, 6.07) is 16.1. The molecule has 0 unspecified atom stereocenters. The summed E-state index contributed by atoms with van der Waals surface area (Å²) >= 11 is 0. The van der Waals surface area contributed by atoms with Gasteiger partial charge >= 0.3 is 6.03 Å². The molecule has 6 nitrogen and oxygen atoms in total. The fourth-order valence-corrected chi connectivity index (χ4v) is 4.66. The molecular formula is C28H29N3O3. The van der Waals surface area contributed by atoms with Crippen LogP contribution in [0.5, 0.6) is 0 Å². The van der Waals surface area contributed by atoms with Crippen molar-refractivity contribution < 1.29 is 14.4 Å². The van der Waals surface area contributed by atoms with Crippen LogP contribution in [-0.2, 0) is 16.9 Å². The maximum absolute atomic E-state index is 13.9. The van der Waals surface area contributed by atoms with E-state index < -0.39 is 17.5 Å². The van der Waals surface area contributed by atoms with Gasteiger partial charge in [-0.2, -0.15) is 0 Å². The lowest BCUT2D eigenvalue weighted by Crippen LogP contribution is -2.45. The van der Waals surface area contributed by atoms with E-state index >= 15 is 0 Å². The molecule has 174 valence electrons. The topological polar surface area (TPSA) is 71.4 Å². The summed E-state index contributed by atoms with van der Waals surface area (Å²) in [5, 5.41) is 2.92. The Kier molecular flexibility index (Phi) is 6.00.